The van der Waals surface area contributed by atoms with Crippen LogP contribution >= 0.6 is 0 Å². The minimum atomic E-state index is 0.0597. The van der Waals surface area contributed by atoms with Crippen LogP contribution in [-0.2, 0) is 11.3 Å². The van der Waals surface area contributed by atoms with Crippen LogP contribution in [0.25, 0.3) is 0 Å². The van der Waals surface area contributed by atoms with Crippen LogP contribution in [0.4, 0.5) is 0 Å². The van der Waals surface area contributed by atoms with Gasteiger partial charge in [0.25, 0.3) is 0 Å². The van der Waals surface area contributed by atoms with Gasteiger partial charge in [-0.3, -0.25) is 0 Å². The highest BCUT2D eigenvalue weighted by atomic mass is 16.5. The van der Waals surface area contributed by atoms with Gasteiger partial charge in [0.15, 0.2) is 0 Å². The molecule has 1 aliphatic heterocycles. The first-order valence-corrected chi connectivity index (χ1v) is 6.40. The van der Waals surface area contributed by atoms with E-state index in [9.17, 15) is 0 Å². The first-order chi connectivity index (χ1) is 8.95. The van der Waals surface area contributed by atoms with Crippen molar-refractivity contribution in [2.45, 2.75) is 12.6 Å². The normalized spacial score (nSPS) is 19.7. The van der Waals surface area contributed by atoms with Crippen LogP contribution in [0, 0.1) is 0 Å². The van der Waals surface area contributed by atoms with Crippen molar-refractivity contribution in [2.24, 2.45) is 0 Å². The fraction of sp³-hybridized carbons (Fsp3) is 0.250. The molecule has 0 amide bonds. The Labute approximate surface area is 108 Å². The summed E-state index contributed by atoms with van der Waals surface area (Å²) in [6.07, 6.45) is 0.0597. The van der Waals surface area contributed by atoms with Gasteiger partial charge in [-0.05, 0) is 16.7 Å². The van der Waals surface area contributed by atoms with E-state index in [4.69, 9.17) is 4.74 Å². The third-order valence-corrected chi connectivity index (χ3v) is 3.32. The smallest absolute Gasteiger partial charge is 0.108 e. The zero-order chi connectivity index (χ0) is 12.2. The summed E-state index contributed by atoms with van der Waals surface area (Å²) in [7, 11) is 0. The molecule has 0 spiro atoms. The summed E-state index contributed by atoms with van der Waals surface area (Å²) in [5.74, 6) is 0. The molecule has 0 saturated carbocycles. The summed E-state index contributed by atoms with van der Waals surface area (Å²) in [6.45, 7) is 2.56. The Morgan fingerprint density at radius 2 is 1.72 bits per heavy atom. The van der Waals surface area contributed by atoms with Gasteiger partial charge in [0, 0.05) is 13.1 Å². The summed E-state index contributed by atoms with van der Waals surface area (Å²) in [6, 6.07) is 19.0. The van der Waals surface area contributed by atoms with Crippen molar-refractivity contribution in [2.75, 3.05) is 13.2 Å². The third kappa shape index (κ3) is 2.30. The second kappa shape index (κ2) is 5.34. The first kappa shape index (κ1) is 11.5. The molecule has 0 unspecified atom stereocenters. The maximum Gasteiger partial charge on any atom is 0.108 e. The van der Waals surface area contributed by atoms with Gasteiger partial charge in [-0.2, -0.15) is 0 Å². The molecular formula is C16H17NO. The highest BCUT2D eigenvalue weighted by Crippen LogP contribution is 2.29. The standard InChI is InChI=1S/C16H17NO/c1-2-6-13(7-3-1)16-15-9-5-4-8-14(15)12-17-10-11-18-16/h1-9,16-17H,10-12H2/t16-/m1/s1. The van der Waals surface area contributed by atoms with E-state index in [2.05, 4.69) is 53.8 Å². The molecule has 0 bridgehead atoms. The number of fused-ring (bicyclic) bond motifs is 1. The van der Waals surface area contributed by atoms with E-state index in [0.29, 0.717) is 0 Å². The minimum Gasteiger partial charge on any atom is -0.367 e. The molecule has 0 fully saturated rings. The van der Waals surface area contributed by atoms with Gasteiger partial charge in [-0.25, -0.2) is 0 Å². The summed E-state index contributed by atoms with van der Waals surface area (Å²) in [4.78, 5) is 0. The molecule has 1 aliphatic rings. The quantitative estimate of drug-likeness (QED) is 0.826. The molecule has 1 N–H and O–H groups in total. The summed E-state index contributed by atoms with van der Waals surface area (Å²) in [5.41, 5.74) is 3.83. The second-order valence-electron chi connectivity index (χ2n) is 4.54. The van der Waals surface area contributed by atoms with Crippen molar-refractivity contribution >= 4 is 0 Å². The van der Waals surface area contributed by atoms with Crippen LogP contribution in [-0.4, -0.2) is 13.2 Å². The van der Waals surface area contributed by atoms with Crippen LogP contribution in [0.1, 0.15) is 22.8 Å². The van der Waals surface area contributed by atoms with Crippen molar-refractivity contribution in [3.63, 3.8) is 0 Å². The molecule has 0 radical (unpaired) electrons. The molecule has 3 rings (SSSR count). The lowest BCUT2D eigenvalue weighted by Gasteiger charge is -2.24. The van der Waals surface area contributed by atoms with Gasteiger partial charge in [-0.1, -0.05) is 54.6 Å². The molecule has 1 heterocycles. The lowest BCUT2D eigenvalue weighted by Crippen LogP contribution is -2.25. The van der Waals surface area contributed by atoms with Crippen molar-refractivity contribution in [3.8, 4) is 0 Å². The summed E-state index contributed by atoms with van der Waals surface area (Å²) >= 11 is 0. The lowest BCUT2D eigenvalue weighted by molar-refractivity contribution is 0.0776. The van der Waals surface area contributed by atoms with Gasteiger partial charge < -0.3 is 10.1 Å². The van der Waals surface area contributed by atoms with E-state index in [-0.39, 0.29) is 6.10 Å². The minimum absolute atomic E-state index is 0.0597. The Kier molecular flexibility index (Phi) is 3.40. The Balaban J connectivity index is 2.04. The monoisotopic (exact) mass is 239 g/mol. The first-order valence-electron chi connectivity index (χ1n) is 6.40. The molecular weight excluding hydrogens is 222 g/mol. The van der Waals surface area contributed by atoms with Gasteiger partial charge >= 0.3 is 0 Å². The summed E-state index contributed by atoms with van der Waals surface area (Å²) < 4.78 is 6.03. The average Bonchev–Trinajstić information content (AvgIpc) is 2.41. The van der Waals surface area contributed by atoms with Gasteiger partial charge in [0.2, 0.25) is 0 Å². The van der Waals surface area contributed by atoms with Crippen molar-refractivity contribution in [3.05, 3.63) is 71.3 Å². The number of nitrogens with one attached hydrogen (secondary N) is 1. The highest BCUT2D eigenvalue weighted by Gasteiger charge is 2.19. The van der Waals surface area contributed by atoms with Crippen molar-refractivity contribution < 1.29 is 4.74 Å². The Hall–Kier alpha value is -1.64. The lowest BCUT2D eigenvalue weighted by atomic mass is 9.96. The maximum atomic E-state index is 6.03. The Bertz CT molecular complexity index is 510. The van der Waals surface area contributed by atoms with Gasteiger partial charge in [0.05, 0.1) is 6.61 Å². The fourth-order valence-corrected chi connectivity index (χ4v) is 2.42. The molecule has 2 nitrogen and oxygen atoms in total. The topological polar surface area (TPSA) is 21.3 Å². The van der Waals surface area contributed by atoms with E-state index >= 15 is 0 Å². The predicted molar refractivity (Wildman–Crippen MR) is 72.4 cm³/mol. The average molecular weight is 239 g/mol. The SMILES string of the molecule is c1ccc([C@H]2OCCNCc3ccccc32)cc1. The molecule has 18 heavy (non-hydrogen) atoms. The molecule has 2 aromatic carbocycles. The summed E-state index contributed by atoms with van der Waals surface area (Å²) in [5, 5.41) is 3.39. The van der Waals surface area contributed by atoms with Gasteiger partial charge in [0.1, 0.15) is 6.10 Å². The van der Waals surface area contributed by atoms with E-state index < -0.39 is 0 Å². The van der Waals surface area contributed by atoms with E-state index in [1.165, 1.54) is 16.7 Å². The van der Waals surface area contributed by atoms with Crippen LogP contribution in [0.3, 0.4) is 0 Å². The third-order valence-electron chi connectivity index (χ3n) is 3.32. The van der Waals surface area contributed by atoms with Crippen LogP contribution < -0.4 is 5.32 Å². The Morgan fingerprint density at radius 1 is 0.944 bits per heavy atom. The van der Waals surface area contributed by atoms with E-state index in [1.807, 2.05) is 6.07 Å². The van der Waals surface area contributed by atoms with Crippen LogP contribution in [0.2, 0.25) is 0 Å². The predicted octanol–water partition coefficient (Wildman–Crippen LogP) is 2.90. The largest absolute Gasteiger partial charge is 0.367 e. The zero-order valence-corrected chi connectivity index (χ0v) is 10.3. The van der Waals surface area contributed by atoms with E-state index in [1.54, 1.807) is 0 Å². The highest BCUT2D eigenvalue weighted by molar-refractivity contribution is 5.36. The maximum absolute atomic E-state index is 6.03. The fourth-order valence-electron chi connectivity index (χ4n) is 2.42. The number of hydrogen-bond acceptors (Lipinski definition) is 2. The van der Waals surface area contributed by atoms with Gasteiger partial charge in [-0.15, -0.1) is 0 Å². The molecule has 0 aliphatic carbocycles. The Morgan fingerprint density at radius 3 is 2.61 bits per heavy atom. The number of rotatable bonds is 1. The zero-order valence-electron chi connectivity index (χ0n) is 10.3. The number of ether oxygens (including phenoxy) is 1. The number of hydrogen-bond donors (Lipinski definition) is 1. The molecule has 0 saturated heterocycles. The van der Waals surface area contributed by atoms with Crippen molar-refractivity contribution in [1.29, 1.82) is 0 Å². The van der Waals surface area contributed by atoms with Crippen LogP contribution in [0.15, 0.2) is 54.6 Å². The van der Waals surface area contributed by atoms with Crippen molar-refractivity contribution in [1.82, 2.24) is 5.32 Å². The molecule has 2 aromatic rings. The second-order valence-corrected chi connectivity index (χ2v) is 4.54. The van der Waals surface area contributed by atoms with Crippen LogP contribution in [0.5, 0.6) is 0 Å². The van der Waals surface area contributed by atoms with E-state index in [0.717, 1.165) is 19.7 Å². The molecule has 2 heteroatoms. The molecule has 92 valence electrons. The number of benzene rings is 2. The molecule has 0 aromatic heterocycles. The molecule has 1 atom stereocenters.